The van der Waals surface area contributed by atoms with Crippen LogP contribution in [0.1, 0.15) is 6.42 Å². The molecule has 2 N–H and O–H groups in total. The third kappa shape index (κ3) is 5.67. The molecule has 41 heavy (non-hydrogen) atoms. The van der Waals surface area contributed by atoms with E-state index in [4.69, 9.17) is 16.3 Å². The lowest BCUT2D eigenvalue weighted by molar-refractivity contribution is -0.146. The predicted octanol–water partition coefficient (Wildman–Crippen LogP) is 3.01. The van der Waals surface area contributed by atoms with Crippen molar-refractivity contribution in [2.45, 2.75) is 18.5 Å². The molecular weight excluding hydrogens is 551 g/mol. The molecule has 0 aliphatic carbocycles. The minimum atomic E-state index is -0.483. The van der Waals surface area contributed by atoms with Crippen molar-refractivity contribution in [2.24, 2.45) is 5.92 Å². The Labute approximate surface area is 241 Å². The van der Waals surface area contributed by atoms with Gasteiger partial charge >= 0.3 is 5.97 Å². The Bertz CT molecular complexity index is 1480. The number of esters is 1. The van der Waals surface area contributed by atoms with Crippen molar-refractivity contribution >= 4 is 46.5 Å². The number of fused-ring (bicyclic) bond motifs is 2. The van der Waals surface area contributed by atoms with E-state index in [9.17, 15) is 14.0 Å². The van der Waals surface area contributed by atoms with E-state index in [2.05, 4.69) is 42.7 Å². The average molecular weight is 581 g/mol. The number of nitrogens with zero attached hydrogens (tertiary/aromatic N) is 6. The van der Waals surface area contributed by atoms with Crippen molar-refractivity contribution < 1.29 is 18.7 Å². The van der Waals surface area contributed by atoms with Crippen LogP contribution in [0.25, 0.3) is 11.3 Å². The summed E-state index contributed by atoms with van der Waals surface area (Å²) < 4.78 is 19.5. The zero-order chi connectivity index (χ0) is 28.7. The second kappa shape index (κ2) is 11.2. The van der Waals surface area contributed by atoms with Crippen LogP contribution in [0.3, 0.4) is 0 Å². The number of benzene rings is 1. The van der Waals surface area contributed by atoms with E-state index in [1.165, 1.54) is 25.3 Å². The quantitative estimate of drug-likeness (QED) is 0.385. The largest absolute Gasteiger partial charge is 0.469 e. The molecule has 2 bridgehead atoms. The molecule has 1 aromatic carbocycles. The molecule has 2 aromatic heterocycles. The Morgan fingerprint density at radius 3 is 2.66 bits per heavy atom. The molecule has 13 heteroatoms. The van der Waals surface area contributed by atoms with E-state index in [1.54, 1.807) is 24.4 Å². The summed E-state index contributed by atoms with van der Waals surface area (Å²) in [6, 6.07) is 10.3. The number of ether oxygens (including phenoxy) is 1. The van der Waals surface area contributed by atoms with Gasteiger partial charge in [-0.2, -0.15) is 0 Å². The second-order valence-corrected chi connectivity index (χ2v) is 11.2. The Kier molecular flexibility index (Phi) is 7.45. The first kappa shape index (κ1) is 27.3. The number of pyridine rings is 1. The molecule has 0 unspecified atom stereocenters. The molecular formula is C28H30ClFN8O3. The summed E-state index contributed by atoms with van der Waals surface area (Å²) in [6.45, 7) is 3.01. The zero-order valence-electron chi connectivity index (χ0n) is 22.7. The van der Waals surface area contributed by atoms with Crippen LogP contribution in [0.5, 0.6) is 0 Å². The smallest absolute Gasteiger partial charge is 0.312 e. The first-order chi connectivity index (χ1) is 19.8. The summed E-state index contributed by atoms with van der Waals surface area (Å²) in [5.41, 5.74) is 1.67. The van der Waals surface area contributed by atoms with Crippen LogP contribution >= 0.6 is 11.6 Å². The maximum Gasteiger partial charge on any atom is 0.312 e. The number of nitrogens with one attached hydrogen (secondary N) is 2. The lowest BCUT2D eigenvalue weighted by atomic mass is 10.00. The number of hydrogen-bond donors (Lipinski definition) is 2. The van der Waals surface area contributed by atoms with Gasteiger partial charge in [0.05, 0.1) is 31.0 Å². The Morgan fingerprint density at radius 1 is 1.10 bits per heavy atom. The van der Waals surface area contributed by atoms with Crippen LogP contribution < -0.4 is 15.5 Å². The number of aromatic nitrogens is 3. The molecule has 3 aliphatic rings. The minimum absolute atomic E-state index is 0.121. The van der Waals surface area contributed by atoms with Gasteiger partial charge in [-0.25, -0.2) is 9.37 Å². The number of likely N-dealkylation sites (tertiary alicyclic amines) is 2. The van der Waals surface area contributed by atoms with Crippen LogP contribution in [0, 0.1) is 11.7 Å². The van der Waals surface area contributed by atoms with E-state index < -0.39 is 5.82 Å². The second-order valence-electron chi connectivity index (χ2n) is 10.7. The molecule has 0 spiro atoms. The summed E-state index contributed by atoms with van der Waals surface area (Å²) >= 11 is 6.12. The van der Waals surface area contributed by atoms with Crippen LogP contribution in [-0.2, 0) is 14.3 Å². The van der Waals surface area contributed by atoms with E-state index in [0.29, 0.717) is 59.8 Å². The minimum Gasteiger partial charge on any atom is -0.469 e. The number of rotatable bonds is 8. The highest BCUT2D eigenvalue weighted by atomic mass is 35.5. The summed E-state index contributed by atoms with van der Waals surface area (Å²) in [6.07, 6.45) is 2.69. The van der Waals surface area contributed by atoms with Crippen molar-refractivity contribution in [3.05, 3.63) is 53.4 Å². The number of hydrogen-bond acceptors (Lipinski definition) is 10. The van der Waals surface area contributed by atoms with Gasteiger partial charge in [0.2, 0.25) is 5.91 Å². The number of halogens is 2. The number of likely N-dealkylation sites (N-methyl/N-ethyl adjacent to an activating group) is 1. The fourth-order valence-corrected chi connectivity index (χ4v) is 5.92. The molecule has 11 nitrogen and oxygen atoms in total. The standard InChI is InChI=1S/C28H30ClFN8O3/c1-36-13-20-9-19(36)14-37(20)15-26(39)33-25-8-18(5-6-31-25)32-24-10-23(21-7-17(29)3-4-22(21)30)34-35-27(24)38-11-16(12-38)28(40)41-2/h3-8,10,16,19-20H,9,11-15H2,1-2H3,(H2,31,32,33,34,39)/t19-,20-/m0/s1. The van der Waals surface area contributed by atoms with Gasteiger partial charge in [-0.3, -0.25) is 14.5 Å². The molecule has 214 valence electrons. The number of anilines is 4. The Morgan fingerprint density at radius 2 is 1.93 bits per heavy atom. The van der Waals surface area contributed by atoms with Gasteiger partial charge in [-0.15, -0.1) is 10.2 Å². The lowest BCUT2D eigenvalue weighted by Crippen LogP contribution is -2.51. The molecule has 3 fully saturated rings. The van der Waals surface area contributed by atoms with Gasteiger partial charge in [0.1, 0.15) is 11.6 Å². The van der Waals surface area contributed by atoms with Gasteiger partial charge in [0.25, 0.3) is 0 Å². The molecule has 3 aliphatic heterocycles. The highest BCUT2D eigenvalue weighted by Gasteiger charge is 2.41. The van der Waals surface area contributed by atoms with E-state index in [1.807, 2.05) is 4.90 Å². The molecule has 0 radical (unpaired) electrons. The van der Waals surface area contributed by atoms with Gasteiger partial charge in [0.15, 0.2) is 5.82 Å². The van der Waals surface area contributed by atoms with Gasteiger partial charge < -0.3 is 25.2 Å². The molecule has 5 heterocycles. The third-order valence-electron chi connectivity index (χ3n) is 7.98. The van der Waals surface area contributed by atoms with Gasteiger partial charge in [-0.05, 0) is 43.8 Å². The Hall–Kier alpha value is -3.87. The molecule has 2 atom stereocenters. The topological polar surface area (TPSA) is 116 Å². The summed E-state index contributed by atoms with van der Waals surface area (Å²) in [5, 5.41) is 15.2. The SMILES string of the molecule is COC(=O)C1CN(c2nnc(-c3cc(Cl)ccc3F)cc2Nc2ccnc(NC(=O)CN3C[C@@H]4C[C@H]3CN4C)c2)C1. The fraction of sp³-hybridized carbons (Fsp3) is 0.393. The zero-order valence-corrected chi connectivity index (χ0v) is 23.4. The molecule has 3 saturated heterocycles. The summed E-state index contributed by atoms with van der Waals surface area (Å²) in [4.78, 5) is 35.5. The van der Waals surface area contributed by atoms with Crippen molar-refractivity contribution in [3.63, 3.8) is 0 Å². The predicted molar refractivity (Wildman–Crippen MR) is 153 cm³/mol. The van der Waals surface area contributed by atoms with Crippen molar-refractivity contribution in [1.82, 2.24) is 25.0 Å². The number of piperazine rings is 1. The molecule has 0 saturated carbocycles. The van der Waals surface area contributed by atoms with Crippen molar-refractivity contribution in [1.29, 1.82) is 0 Å². The summed E-state index contributed by atoms with van der Waals surface area (Å²) in [7, 11) is 3.49. The first-order valence-electron chi connectivity index (χ1n) is 13.4. The Balaban J connectivity index is 1.21. The maximum atomic E-state index is 14.7. The number of amides is 1. The van der Waals surface area contributed by atoms with E-state index >= 15 is 0 Å². The van der Waals surface area contributed by atoms with Crippen molar-refractivity contribution in [3.8, 4) is 11.3 Å². The maximum absolute atomic E-state index is 14.7. The van der Waals surface area contributed by atoms with E-state index in [0.717, 1.165) is 19.5 Å². The monoisotopic (exact) mass is 580 g/mol. The van der Waals surface area contributed by atoms with Crippen LogP contribution in [0.15, 0.2) is 42.6 Å². The number of carbonyl (C=O) groups excluding carboxylic acids is 2. The van der Waals surface area contributed by atoms with Crippen molar-refractivity contribution in [2.75, 3.05) is 62.4 Å². The normalized spacial score (nSPS) is 20.6. The van der Waals surface area contributed by atoms with E-state index in [-0.39, 0.29) is 29.1 Å². The molecule has 3 aromatic rings. The van der Waals surface area contributed by atoms with Gasteiger partial charge in [0, 0.05) is 66.8 Å². The highest BCUT2D eigenvalue weighted by Crippen LogP contribution is 2.35. The molecule has 1 amide bonds. The molecule has 6 rings (SSSR count). The summed E-state index contributed by atoms with van der Waals surface area (Å²) in [5.74, 6) is -0.264. The van der Waals surface area contributed by atoms with Crippen LogP contribution in [0.4, 0.5) is 27.4 Å². The van der Waals surface area contributed by atoms with Gasteiger partial charge in [-0.1, -0.05) is 11.6 Å². The number of carbonyl (C=O) groups is 2. The third-order valence-corrected chi connectivity index (χ3v) is 8.21. The van der Waals surface area contributed by atoms with Crippen LogP contribution in [-0.4, -0.2) is 95.8 Å². The number of methoxy groups -OCH3 is 1. The highest BCUT2D eigenvalue weighted by molar-refractivity contribution is 6.30. The first-order valence-corrected chi connectivity index (χ1v) is 13.8. The fourth-order valence-electron chi connectivity index (χ4n) is 5.74. The van der Waals surface area contributed by atoms with Crippen LogP contribution in [0.2, 0.25) is 5.02 Å². The average Bonchev–Trinajstić information content (AvgIpc) is 3.49. The lowest BCUT2D eigenvalue weighted by Gasteiger charge is -2.38.